The lowest BCUT2D eigenvalue weighted by Crippen LogP contribution is -2.18. The minimum atomic E-state index is -1.46. The second-order valence-electron chi connectivity index (χ2n) is 2.72. The molecule has 92 valence electrons. The Morgan fingerprint density at radius 1 is 0.600 bits per heavy atom. The molecule has 0 fully saturated rings. The second-order valence-corrected chi connectivity index (χ2v) is 2.72. The van der Waals surface area contributed by atoms with Crippen LogP contribution in [0.2, 0.25) is 0 Å². The third-order valence-corrected chi connectivity index (χ3v) is 1.28. The first-order chi connectivity index (χ1) is 7.13. The zero-order valence-corrected chi connectivity index (χ0v) is 8.41. The van der Waals surface area contributed by atoms with Crippen molar-refractivity contribution in [2.75, 3.05) is 39.6 Å². The molecule has 0 atom stereocenters. The number of ether oxygens (including phenoxy) is 3. The summed E-state index contributed by atoms with van der Waals surface area (Å²) in [5.74, 6) is 0. The van der Waals surface area contributed by atoms with Crippen molar-refractivity contribution in [3.63, 3.8) is 0 Å². The number of hydrogen-bond donors (Lipinski definition) is 4. The summed E-state index contributed by atoms with van der Waals surface area (Å²) in [6.45, 7) is 0.878. The van der Waals surface area contributed by atoms with E-state index in [0.29, 0.717) is 13.2 Å². The van der Waals surface area contributed by atoms with Gasteiger partial charge in [0.15, 0.2) is 12.6 Å². The average Bonchev–Trinajstić information content (AvgIpc) is 2.14. The van der Waals surface area contributed by atoms with E-state index in [1.54, 1.807) is 0 Å². The third-order valence-electron chi connectivity index (χ3n) is 1.28. The number of aliphatic hydroxyl groups excluding tert-OH is 2. The summed E-state index contributed by atoms with van der Waals surface area (Å²) in [6.07, 6.45) is -2.92. The highest BCUT2D eigenvalue weighted by Crippen LogP contribution is 1.84. The predicted molar refractivity (Wildman–Crippen MR) is 48.9 cm³/mol. The standard InChI is InChI=1S/C8H18O7/c9-7(10)5-14-3-1-13-2-4-15-6-8(11)12/h7-12H,1-6H2. The summed E-state index contributed by atoms with van der Waals surface area (Å²) in [7, 11) is 0. The molecule has 0 rings (SSSR count). The van der Waals surface area contributed by atoms with Gasteiger partial charge in [-0.2, -0.15) is 0 Å². The van der Waals surface area contributed by atoms with E-state index in [2.05, 4.69) is 0 Å². The lowest BCUT2D eigenvalue weighted by Gasteiger charge is -2.07. The molecule has 0 radical (unpaired) electrons. The Labute approximate surface area is 87.8 Å². The monoisotopic (exact) mass is 226 g/mol. The molecule has 0 amide bonds. The topological polar surface area (TPSA) is 109 Å². The predicted octanol–water partition coefficient (Wildman–Crippen LogP) is -2.34. The van der Waals surface area contributed by atoms with Gasteiger partial charge in [-0.05, 0) is 0 Å². The number of rotatable bonds is 10. The smallest absolute Gasteiger partial charge is 0.175 e. The van der Waals surface area contributed by atoms with E-state index in [1.807, 2.05) is 0 Å². The third kappa shape index (κ3) is 13.7. The lowest BCUT2D eigenvalue weighted by atomic mass is 10.6. The largest absolute Gasteiger partial charge is 0.377 e. The van der Waals surface area contributed by atoms with E-state index in [9.17, 15) is 0 Å². The highest BCUT2D eigenvalue weighted by atomic mass is 16.6. The van der Waals surface area contributed by atoms with Gasteiger partial charge in [0, 0.05) is 0 Å². The van der Waals surface area contributed by atoms with Gasteiger partial charge in [0.25, 0.3) is 0 Å². The molecule has 0 aliphatic carbocycles. The fourth-order valence-electron chi connectivity index (χ4n) is 0.715. The van der Waals surface area contributed by atoms with Gasteiger partial charge in [-0.25, -0.2) is 0 Å². The molecule has 0 saturated heterocycles. The Kier molecular flexibility index (Phi) is 10.1. The van der Waals surface area contributed by atoms with Gasteiger partial charge in [-0.15, -0.1) is 0 Å². The summed E-state index contributed by atoms with van der Waals surface area (Å²) in [4.78, 5) is 0. The molecule has 7 heteroatoms. The number of aliphatic hydroxyl groups is 4. The Balaban J connectivity index is 2.93. The lowest BCUT2D eigenvalue weighted by molar-refractivity contribution is -0.108. The summed E-state index contributed by atoms with van der Waals surface area (Å²) >= 11 is 0. The van der Waals surface area contributed by atoms with E-state index in [0.717, 1.165) is 0 Å². The van der Waals surface area contributed by atoms with Crippen molar-refractivity contribution in [2.24, 2.45) is 0 Å². The molecule has 0 heterocycles. The van der Waals surface area contributed by atoms with Crippen LogP contribution in [0.15, 0.2) is 0 Å². The molecule has 15 heavy (non-hydrogen) atoms. The maximum absolute atomic E-state index is 8.40. The van der Waals surface area contributed by atoms with Crippen molar-refractivity contribution in [1.82, 2.24) is 0 Å². The van der Waals surface area contributed by atoms with Gasteiger partial charge in [0.1, 0.15) is 0 Å². The SMILES string of the molecule is OC(O)COCCOCCOCC(O)O. The average molecular weight is 226 g/mol. The minimum absolute atomic E-state index is 0.142. The van der Waals surface area contributed by atoms with Crippen molar-refractivity contribution < 1.29 is 34.6 Å². The Hall–Kier alpha value is -0.280. The highest BCUT2D eigenvalue weighted by molar-refractivity contribution is 4.36. The van der Waals surface area contributed by atoms with Gasteiger partial charge in [-0.3, -0.25) is 0 Å². The van der Waals surface area contributed by atoms with Crippen LogP contribution in [-0.2, 0) is 14.2 Å². The van der Waals surface area contributed by atoms with Crippen LogP contribution in [-0.4, -0.2) is 72.6 Å². The van der Waals surface area contributed by atoms with Crippen molar-refractivity contribution in [1.29, 1.82) is 0 Å². The maximum Gasteiger partial charge on any atom is 0.175 e. The van der Waals surface area contributed by atoms with Gasteiger partial charge < -0.3 is 34.6 Å². The molecule has 0 aliphatic heterocycles. The molecular formula is C8H18O7. The quantitative estimate of drug-likeness (QED) is 0.244. The highest BCUT2D eigenvalue weighted by Gasteiger charge is 1.97. The molecule has 4 N–H and O–H groups in total. The van der Waals surface area contributed by atoms with Crippen LogP contribution in [0, 0.1) is 0 Å². The van der Waals surface area contributed by atoms with E-state index in [-0.39, 0.29) is 26.4 Å². The zero-order valence-electron chi connectivity index (χ0n) is 8.41. The van der Waals surface area contributed by atoms with Gasteiger partial charge in [0.2, 0.25) is 0 Å². The van der Waals surface area contributed by atoms with Crippen molar-refractivity contribution in [3.8, 4) is 0 Å². The molecule has 0 aliphatic rings. The fourth-order valence-corrected chi connectivity index (χ4v) is 0.715. The van der Waals surface area contributed by atoms with Crippen molar-refractivity contribution >= 4 is 0 Å². The van der Waals surface area contributed by atoms with E-state index < -0.39 is 12.6 Å². The minimum Gasteiger partial charge on any atom is -0.377 e. The van der Waals surface area contributed by atoms with Gasteiger partial charge in [-0.1, -0.05) is 0 Å². The van der Waals surface area contributed by atoms with Crippen molar-refractivity contribution in [3.05, 3.63) is 0 Å². The molecule has 0 bridgehead atoms. The van der Waals surface area contributed by atoms with Crippen LogP contribution in [0.5, 0.6) is 0 Å². The summed E-state index contributed by atoms with van der Waals surface area (Å²) in [6, 6.07) is 0. The van der Waals surface area contributed by atoms with Crippen LogP contribution in [0.1, 0.15) is 0 Å². The van der Waals surface area contributed by atoms with Crippen LogP contribution < -0.4 is 0 Å². The first-order valence-electron chi connectivity index (χ1n) is 4.58. The van der Waals surface area contributed by atoms with E-state index in [1.165, 1.54) is 0 Å². The molecular weight excluding hydrogens is 208 g/mol. The van der Waals surface area contributed by atoms with Crippen molar-refractivity contribution in [2.45, 2.75) is 12.6 Å². The second kappa shape index (κ2) is 10.2. The molecule has 0 aromatic heterocycles. The van der Waals surface area contributed by atoms with Gasteiger partial charge >= 0.3 is 0 Å². The summed E-state index contributed by atoms with van der Waals surface area (Å²) in [5.41, 5.74) is 0. The van der Waals surface area contributed by atoms with Crippen LogP contribution in [0.3, 0.4) is 0 Å². The molecule has 7 nitrogen and oxygen atoms in total. The Bertz CT molecular complexity index is 114. The Morgan fingerprint density at radius 3 is 1.27 bits per heavy atom. The summed E-state index contributed by atoms with van der Waals surface area (Å²) in [5, 5.41) is 33.6. The van der Waals surface area contributed by atoms with E-state index in [4.69, 9.17) is 34.6 Å². The normalized spacial score (nSPS) is 11.6. The van der Waals surface area contributed by atoms with E-state index >= 15 is 0 Å². The first kappa shape index (κ1) is 14.7. The first-order valence-corrected chi connectivity index (χ1v) is 4.58. The molecule has 0 aromatic carbocycles. The number of hydrogen-bond acceptors (Lipinski definition) is 7. The summed E-state index contributed by atoms with van der Waals surface area (Å²) < 4.78 is 14.6. The van der Waals surface area contributed by atoms with Gasteiger partial charge in [0.05, 0.1) is 39.6 Å². The Morgan fingerprint density at radius 2 is 0.933 bits per heavy atom. The molecule has 0 spiro atoms. The maximum atomic E-state index is 8.40. The fraction of sp³-hybridized carbons (Fsp3) is 1.00. The zero-order chi connectivity index (χ0) is 11.5. The van der Waals surface area contributed by atoms with Crippen LogP contribution >= 0.6 is 0 Å². The molecule has 0 unspecified atom stereocenters. The van der Waals surface area contributed by atoms with Crippen LogP contribution in [0.25, 0.3) is 0 Å². The van der Waals surface area contributed by atoms with Crippen LogP contribution in [0.4, 0.5) is 0 Å². The molecule has 0 aromatic rings. The molecule has 0 saturated carbocycles.